The predicted molar refractivity (Wildman–Crippen MR) is 92.7 cm³/mol. The topological polar surface area (TPSA) is 54.9 Å². The minimum atomic E-state index is -0.0401. The molecule has 0 radical (unpaired) electrons. The van der Waals surface area contributed by atoms with Crippen molar-refractivity contribution in [2.75, 3.05) is 6.61 Å². The fourth-order valence-electron chi connectivity index (χ4n) is 3.84. The molecule has 1 heterocycles. The summed E-state index contributed by atoms with van der Waals surface area (Å²) in [6.07, 6.45) is 1.96. The van der Waals surface area contributed by atoms with Crippen LogP contribution in [0, 0.1) is 13.8 Å². The Labute approximate surface area is 140 Å². The van der Waals surface area contributed by atoms with E-state index in [2.05, 4.69) is 45.3 Å². The van der Waals surface area contributed by atoms with Crippen molar-refractivity contribution in [3.05, 3.63) is 29.3 Å². The number of nitrogens with two attached hydrogens (primary N) is 1. The highest BCUT2D eigenvalue weighted by molar-refractivity contribution is 5.77. The zero-order valence-corrected chi connectivity index (χ0v) is 15.3. The van der Waals surface area contributed by atoms with Crippen LogP contribution in [0.15, 0.2) is 18.2 Å². The number of carbonyl (C=O) groups is 1. The Morgan fingerprint density at radius 3 is 2.35 bits per heavy atom. The van der Waals surface area contributed by atoms with Crippen LogP contribution in [-0.2, 0) is 4.79 Å². The normalized spacial score (nSPS) is 20.1. The second-order valence-corrected chi connectivity index (χ2v) is 8.33. The minimum Gasteiger partial charge on any atom is -0.484 e. The number of aryl methyl sites for hydroxylation is 2. The van der Waals surface area contributed by atoms with Gasteiger partial charge in [-0.1, -0.05) is 6.07 Å². The molecule has 1 fully saturated rings. The Morgan fingerprint density at radius 2 is 1.78 bits per heavy atom. The van der Waals surface area contributed by atoms with Crippen molar-refractivity contribution in [2.45, 2.75) is 71.5 Å². The predicted octanol–water partition coefficient (Wildman–Crippen LogP) is 2.08. The molecule has 3 N–H and O–H groups in total. The lowest BCUT2D eigenvalue weighted by molar-refractivity contribution is -0.787. The van der Waals surface area contributed by atoms with Gasteiger partial charge in [0.25, 0.3) is 5.91 Å². The molecule has 1 aromatic carbocycles. The van der Waals surface area contributed by atoms with Crippen LogP contribution in [0.2, 0.25) is 0 Å². The highest BCUT2D eigenvalue weighted by Gasteiger charge is 2.42. The van der Waals surface area contributed by atoms with Crippen molar-refractivity contribution in [3.63, 3.8) is 0 Å². The maximum atomic E-state index is 12.2. The van der Waals surface area contributed by atoms with E-state index in [1.807, 2.05) is 25.1 Å². The van der Waals surface area contributed by atoms with Crippen LogP contribution in [0.25, 0.3) is 0 Å². The van der Waals surface area contributed by atoms with Gasteiger partial charge in [-0.25, -0.2) is 0 Å². The zero-order valence-electron chi connectivity index (χ0n) is 15.3. The summed E-state index contributed by atoms with van der Waals surface area (Å²) in [5.41, 5.74) is 2.70. The summed E-state index contributed by atoms with van der Waals surface area (Å²) in [5.74, 6) is 0.711. The first-order chi connectivity index (χ1) is 10.6. The van der Waals surface area contributed by atoms with Crippen molar-refractivity contribution in [3.8, 4) is 5.75 Å². The molecule has 0 atom stereocenters. The van der Waals surface area contributed by atoms with Crippen LogP contribution in [0.3, 0.4) is 0 Å². The average Bonchev–Trinajstić information content (AvgIpc) is 2.36. The molecule has 1 saturated heterocycles. The Balaban J connectivity index is 1.88. The Bertz CT molecular complexity index is 563. The highest BCUT2D eigenvalue weighted by Crippen LogP contribution is 2.22. The molecule has 4 nitrogen and oxygen atoms in total. The Kier molecular flexibility index (Phi) is 5.04. The molecule has 1 aliphatic rings. The summed E-state index contributed by atoms with van der Waals surface area (Å²) in [5, 5.41) is 5.55. The van der Waals surface area contributed by atoms with E-state index in [-0.39, 0.29) is 29.6 Å². The van der Waals surface area contributed by atoms with E-state index in [0.717, 1.165) is 18.6 Å². The van der Waals surface area contributed by atoms with Gasteiger partial charge >= 0.3 is 0 Å². The molecular formula is C19H31N2O2+. The number of nitrogens with one attached hydrogen (secondary N) is 1. The summed E-state index contributed by atoms with van der Waals surface area (Å²) in [6.45, 7) is 13.1. The number of amides is 1. The Morgan fingerprint density at radius 1 is 1.17 bits per heavy atom. The van der Waals surface area contributed by atoms with Gasteiger partial charge in [-0.2, -0.15) is 0 Å². The largest absolute Gasteiger partial charge is 0.484 e. The molecule has 128 valence electrons. The molecule has 1 aromatic rings. The van der Waals surface area contributed by atoms with Crippen LogP contribution in [0.5, 0.6) is 5.75 Å². The molecule has 0 aliphatic carbocycles. The summed E-state index contributed by atoms with van der Waals surface area (Å²) in [6, 6.07) is 6.12. The molecule has 0 unspecified atom stereocenters. The fourth-order valence-corrected chi connectivity index (χ4v) is 3.84. The third kappa shape index (κ3) is 5.24. The summed E-state index contributed by atoms with van der Waals surface area (Å²) in [4.78, 5) is 12.2. The van der Waals surface area contributed by atoms with Crippen molar-refractivity contribution < 1.29 is 14.8 Å². The van der Waals surface area contributed by atoms with E-state index in [0.29, 0.717) is 0 Å². The van der Waals surface area contributed by atoms with Gasteiger partial charge in [0.1, 0.15) is 5.75 Å². The van der Waals surface area contributed by atoms with E-state index >= 15 is 0 Å². The molecule has 0 saturated carbocycles. The maximum Gasteiger partial charge on any atom is 0.258 e. The van der Waals surface area contributed by atoms with Crippen LogP contribution in [0.4, 0.5) is 0 Å². The Hall–Kier alpha value is -1.55. The number of hydrogen-bond donors (Lipinski definition) is 2. The number of ether oxygens (including phenoxy) is 1. The summed E-state index contributed by atoms with van der Waals surface area (Å²) in [7, 11) is 0. The first-order valence-electron chi connectivity index (χ1n) is 8.43. The SMILES string of the molecule is Cc1ccc(OCC(=O)NC2CC(C)(C)[NH2+]C(C)(C)C2)cc1C. The number of piperidine rings is 1. The number of rotatable bonds is 4. The summed E-state index contributed by atoms with van der Waals surface area (Å²) < 4.78 is 5.63. The smallest absolute Gasteiger partial charge is 0.258 e. The van der Waals surface area contributed by atoms with Crippen molar-refractivity contribution in [1.82, 2.24) is 5.32 Å². The molecule has 1 aliphatic heterocycles. The molecule has 0 spiro atoms. The van der Waals surface area contributed by atoms with Gasteiger partial charge in [0.2, 0.25) is 0 Å². The second-order valence-electron chi connectivity index (χ2n) is 8.33. The minimum absolute atomic E-state index is 0.0401. The van der Waals surface area contributed by atoms with E-state index < -0.39 is 0 Å². The van der Waals surface area contributed by atoms with Gasteiger partial charge in [0.15, 0.2) is 6.61 Å². The molecule has 0 aromatic heterocycles. The third-order valence-electron chi connectivity index (χ3n) is 4.54. The first kappa shape index (κ1) is 17.8. The number of quaternary nitrogens is 1. The maximum absolute atomic E-state index is 12.2. The average molecular weight is 319 g/mol. The van der Waals surface area contributed by atoms with Crippen LogP contribution in [-0.4, -0.2) is 29.6 Å². The quantitative estimate of drug-likeness (QED) is 0.893. The van der Waals surface area contributed by atoms with Crippen LogP contribution >= 0.6 is 0 Å². The van der Waals surface area contributed by atoms with Gasteiger partial charge < -0.3 is 15.4 Å². The van der Waals surface area contributed by atoms with Crippen molar-refractivity contribution >= 4 is 5.91 Å². The fraction of sp³-hybridized carbons (Fsp3) is 0.632. The van der Waals surface area contributed by atoms with Gasteiger partial charge in [0, 0.05) is 18.9 Å². The third-order valence-corrected chi connectivity index (χ3v) is 4.54. The van der Waals surface area contributed by atoms with Crippen LogP contribution < -0.4 is 15.4 Å². The van der Waals surface area contributed by atoms with Gasteiger partial charge in [-0.15, -0.1) is 0 Å². The molecule has 1 amide bonds. The lowest BCUT2D eigenvalue weighted by atomic mass is 9.79. The van der Waals surface area contributed by atoms with Gasteiger partial charge in [-0.3, -0.25) is 4.79 Å². The van der Waals surface area contributed by atoms with Gasteiger partial charge in [-0.05, 0) is 64.8 Å². The molecule has 2 rings (SSSR count). The number of carbonyl (C=O) groups excluding carboxylic acids is 1. The second kappa shape index (κ2) is 6.52. The van der Waals surface area contributed by atoms with E-state index in [1.165, 1.54) is 11.1 Å². The standard InChI is InChI=1S/C19H30N2O2/c1-13-7-8-16(9-14(13)2)23-12-17(22)20-15-10-18(3,4)21-19(5,6)11-15/h7-9,15,21H,10-12H2,1-6H3,(H,20,22)/p+1. The first-order valence-corrected chi connectivity index (χ1v) is 8.43. The monoisotopic (exact) mass is 319 g/mol. The molecular weight excluding hydrogens is 288 g/mol. The molecule has 23 heavy (non-hydrogen) atoms. The lowest BCUT2D eigenvalue weighted by Gasteiger charge is -2.43. The summed E-state index contributed by atoms with van der Waals surface area (Å²) >= 11 is 0. The molecule has 4 heteroatoms. The van der Waals surface area contributed by atoms with Crippen LogP contribution in [0.1, 0.15) is 51.7 Å². The molecule has 0 bridgehead atoms. The zero-order chi connectivity index (χ0) is 17.3. The van der Waals surface area contributed by atoms with E-state index in [9.17, 15) is 4.79 Å². The van der Waals surface area contributed by atoms with Gasteiger partial charge in [0.05, 0.1) is 11.1 Å². The number of benzene rings is 1. The van der Waals surface area contributed by atoms with E-state index in [4.69, 9.17) is 4.74 Å². The lowest BCUT2D eigenvalue weighted by Crippen LogP contribution is -3.06. The van der Waals surface area contributed by atoms with Crippen molar-refractivity contribution in [2.24, 2.45) is 0 Å². The highest BCUT2D eigenvalue weighted by atomic mass is 16.5. The number of hydrogen-bond acceptors (Lipinski definition) is 2. The van der Waals surface area contributed by atoms with E-state index in [1.54, 1.807) is 0 Å². The van der Waals surface area contributed by atoms with Crippen molar-refractivity contribution in [1.29, 1.82) is 0 Å².